The molecule has 0 saturated carbocycles. The van der Waals surface area contributed by atoms with Gasteiger partial charge in [0.15, 0.2) is 17.5 Å². The molecule has 0 radical (unpaired) electrons. The molecule has 1 fully saturated rings. The number of nitrogens with zero attached hydrogens (tertiary/aromatic N) is 1. The predicted molar refractivity (Wildman–Crippen MR) is 77.0 cm³/mol. The number of likely N-dealkylation sites (tertiary alicyclic amines) is 1. The Morgan fingerprint density at radius 1 is 1.26 bits per heavy atom. The molecule has 0 aromatic heterocycles. The van der Waals surface area contributed by atoms with E-state index in [1.54, 1.807) is 0 Å². The quantitative estimate of drug-likeness (QED) is 0.810. The molecule has 0 spiro atoms. The first-order valence-electron chi connectivity index (χ1n) is 7.36. The summed E-state index contributed by atoms with van der Waals surface area (Å²) in [5.41, 5.74) is 4.78. The lowest BCUT2D eigenvalue weighted by molar-refractivity contribution is -0.126. The SMILES string of the molecule is NCCNC(=O)C1CCCN(C(=O)c2ccc(F)c(F)c2F)C1. The summed E-state index contributed by atoms with van der Waals surface area (Å²) in [6.07, 6.45) is 1.16. The van der Waals surface area contributed by atoms with Gasteiger partial charge >= 0.3 is 0 Å². The molecule has 5 nitrogen and oxygen atoms in total. The minimum atomic E-state index is -1.68. The zero-order chi connectivity index (χ0) is 17.0. The molecule has 1 unspecified atom stereocenters. The topological polar surface area (TPSA) is 75.4 Å². The molecule has 2 amide bonds. The molecule has 3 N–H and O–H groups in total. The Hall–Kier alpha value is -2.09. The maximum atomic E-state index is 13.7. The minimum absolute atomic E-state index is 0.105. The third-order valence-electron chi connectivity index (χ3n) is 3.79. The zero-order valence-electron chi connectivity index (χ0n) is 12.4. The lowest BCUT2D eigenvalue weighted by Gasteiger charge is -2.32. The standard InChI is InChI=1S/C15H18F3N3O2/c16-11-4-3-10(12(17)13(11)18)15(23)21-7-1-2-9(8-21)14(22)20-6-5-19/h3-4,9H,1-2,5-8,19H2,(H,20,22). The number of piperidine rings is 1. The minimum Gasteiger partial charge on any atom is -0.355 e. The second-order valence-corrected chi connectivity index (χ2v) is 5.39. The molecule has 0 bridgehead atoms. The van der Waals surface area contributed by atoms with E-state index in [9.17, 15) is 22.8 Å². The Bertz CT molecular complexity index is 610. The molecular weight excluding hydrogens is 311 g/mol. The summed E-state index contributed by atoms with van der Waals surface area (Å²) in [6.45, 7) is 1.08. The van der Waals surface area contributed by atoms with E-state index >= 15 is 0 Å². The van der Waals surface area contributed by atoms with Crippen LogP contribution in [0, 0.1) is 23.4 Å². The van der Waals surface area contributed by atoms with Gasteiger partial charge in [0.2, 0.25) is 5.91 Å². The van der Waals surface area contributed by atoms with Gasteiger partial charge in [-0.05, 0) is 25.0 Å². The fourth-order valence-corrected chi connectivity index (χ4v) is 2.58. The Morgan fingerprint density at radius 3 is 2.70 bits per heavy atom. The van der Waals surface area contributed by atoms with Crippen LogP contribution in [0.15, 0.2) is 12.1 Å². The molecule has 23 heavy (non-hydrogen) atoms. The van der Waals surface area contributed by atoms with Crippen molar-refractivity contribution in [3.63, 3.8) is 0 Å². The summed E-state index contributed by atoms with van der Waals surface area (Å²) in [6, 6.07) is 1.62. The summed E-state index contributed by atoms with van der Waals surface area (Å²) >= 11 is 0. The lowest BCUT2D eigenvalue weighted by atomic mass is 9.96. The predicted octanol–water partition coefficient (Wildman–Crippen LogP) is 1.03. The van der Waals surface area contributed by atoms with Crippen LogP contribution in [-0.2, 0) is 4.79 Å². The van der Waals surface area contributed by atoms with E-state index in [2.05, 4.69) is 5.32 Å². The van der Waals surface area contributed by atoms with Crippen LogP contribution >= 0.6 is 0 Å². The second-order valence-electron chi connectivity index (χ2n) is 5.39. The summed E-state index contributed by atoms with van der Waals surface area (Å²) < 4.78 is 39.9. The first kappa shape index (κ1) is 17.3. The number of halogens is 3. The fraction of sp³-hybridized carbons (Fsp3) is 0.467. The van der Waals surface area contributed by atoms with E-state index in [4.69, 9.17) is 5.73 Å². The highest BCUT2D eigenvalue weighted by atomic mass is 19.2. The van der Waals surface area contributed by atoms with Crippen molar-refractivity contribution in [1.29, 1.82) is 0 Å². The van der Waals surface area contributed by atoms with Gasteiger partial charge < -0.3 is 16.0 Å². The van der Waals surface area contributed by atoms with Crippen molar-refractivity contribution in [2.24, 2.45) is 11.7 Å². The Labute approximate surface area is 131 Å². The van der Waals surface area contributed by atoms with Crippen LogP contribution in [0.3, 0.4) is 0 Å². The zero-order valence-corrected chi connectivity index (χ0v) is 12.4. The first-order valence-corrected chi connectivity index (χ1v) is 7.36. The fourth-order valence-electron chi connectivity index (χ4n) is 2.58. The molecule has 1 atom stereocenters. The molecule has 1 aliphatic heterocycles. The smallest absolute Gasteiger partial charge is 0.256 e. The van der Waals surface area contributed by atoms with E-state index in [0.717, 1.165) is 6.07 Å². The number of carbonyl (C=O) groups excluding carboxylic acids is 2. The molecule has 126 valence electrons. The average Bonchev–Trinajstić information content (AvgIpc) is 2.57. The monoisotopic (exact) mass is 329 g/mol. The first-order chi connectivity index (χ1) is 11.0. The summed E-state index contributed by atoms with van der Waals surface area (Å²) in [7, 11) is 0. The van der Waals surface area contributed by atoms with E-state index in [-0.39, 0.29) is 12.5 Å². The van der Waals surface area contributed by atoms with Crippen LogP contribution in [0.1, 0.15) is 23.2 Å². The van der Waals surface area contributed by atoms with Gasteiger partial charge in [-0.3, -0.25) is 9.59 Å². The van der Waals surface area contributed by atoms with Crippen LogP contribution in [-0.4, -0.2) is 42.9 Å². The summed E-state index contributed by atoms with van der Waals surface area (Å²) in [5.74, 6) is -5.93. The van der Waals surface area contributed by atoms with Gasteiger partial charge in [0.25, 0.3) is 5.91 Å². The number of benzene rings is 1. The van der Waals surface area contributed by atoms with Crippen LogP contribution in [0.2, 0.25) is 0 Å². The van der Waals surface area contributed by atoms with Crippen molar-refractivity contribution in [3.05, 3.63) is 35.1 Å². The highest BCUT2D eigenvalue weighted by Crippen LogP contribution is 2.22. The molecule has 1 heterocycles. The number of nitrogens with two attached hydrogens (primary N) is 1. The normalized spacial score (nSPS) is 17.9. The van der Waals surface area contributed by atoms with Gasteiger partial charge in [0, 0.05) is 26.2 Å². The van der Waals surface area contributed by atoms with Crippen LogP contribution < -0.4 is 11.1 Å². The van der Waals surface area contributed by atoms with Gasteiger partial charge in [-0.25, -0.2) is 13.2 Å². The van der Waals surface area contributed by atoms with Crippen molar-refractivity contribution in [3.8, 4) is 0 Å². The maximum Gasteiger partial charge on any atom is 0.256 e. The Kier molecular flexibility index (Phi) is 5.59. The van der Waals surface area contributed by atoms with Gasteiger partial charge in [0.05, 0.1) is 11.5 Å². The van der Waals surface area contributed by atoms with Gasteiger partial charge in [0.1, 0.15) is 0 Å². The van der Waals surface area contributed by atoms with Crippen LogP contribution in [0.25, 0.3) is 0 Å². The number of rotatable bonds is 4. The number of carbonyl (C=O) groups is 2. The summed E-state index contributed by atoms with van der Waals surface area (Å²) in [4.78, 5) is 25.5. The molecule has 8 heteroatoms. The van der Waals surface area contributed by atoms with E-state index in [0.29, 0.717) is 38.5 Å². The molecule has 2 rings (SSSR count). The molecular formula is C15H18F3N3O2. The number of hydrogen-bond acceptors (Lipinski definition) is 3. The summed E-state index contributed by atoms with van der Waals surface area (Å²) in [5, 5.41) is 2.64. The molecule has 1 aromatic rings. The second kappa shape index (κ2) is 7.45. The largest absolute Gasteiger partial charge is 0.355 e. The molecule has 1 aromatic carbocycles. The Balaban J connectivity index is 2.11. The van der Waals surface area contributed by atoms with Gasteiger partial charge in [-0.2, -0.15) is 0 Å². The van der Waals surface area contributed by atoms with Crippen molar-refractivity contribution >= 4 is 11.8 Å². The van der Waals surface area contributed by atoms with E-state index in [1.807, 2.05) is 0 Å². The van der Waals surface area contributed by atoms with Crippen LogP contribution in [0.5, 0.6) is 0 Å². The van der Waals surface area contributed by atoms with Gasteiger partial charge in [-0.15, -0.1) is 0 Å². The van der Waals surface area contributed by atoms with Crippen molar-refractivity contribution < 1.29 is 22.8 Å². The van der Waals surface area contributed by atoms with Crippen LogP contribution in [0.4, 0.5) is 13.2 Å². The highest BCUT2D eigenvalue weighted by molar-refractivity contribution is 5.95. The van der Waals surface area contributed by atoms with Gasteiger partial charge in [-0.1, -0.05) is 0 Å². The third-order valence-corrected chi connectivity index (χ3v) is 3.79. The highest BCUT2D eigenvalue weighted by Gasteiger charge is 2.30. The lowest BCUT2D eigenvalue weighted by Crippen LogP contribution is -2.46. The molecule has 0 aliphatic carbocycles. The van der Waals surface area contributed by atoms with Crippen molar-refractivity contribution in [2.75, 3.05) is 26.2 Å². The van der Waals surface area contributed by atoms with Crippen molar-refractivity contribution in [1.82, 2.24) is 10.2 Å². The number of hydrogen-bond donors (Lipinski definition) is 2. The van der Waals surface area contributed by atoms with E-state index in [1.165, 1.54) is 4.90 Å². The third kappa shape index (κ3) is 3.82. The van der Waals surface area contributed by atoms with E-state index < -0.39 is 34.8 Å². The molecule has 1 saturated heterocycles. The number of amides is 2. The molecule has 1 aliphatic rings. The Morgan fingerprint density at radius 2 is 2.00 bits per heavy atom. The average molecular weight is 329 g/mol. The maximum absolute atomic E-state index is 13.7. The number of nitrogens with one attached hydrogen (secondary N) is 1. The van der Waals surface area contributed by atoms with Crippen molar-refractivity contribution in [2.45, 2.75) is 12.8 Å².